The molecule has 5 nitrogen and oxygen atoms in total. The van der Waals surface area contributed by atoms with E-state index in [-0.39, 0.29) is 11.5 Å². The van der Waals surface area contributed by atoms with Gasteiger partial charge in [-0.25, -0.2) is 9.98 Å². The monoisotopic (exact) mass is 372 g/mol. The van der Waals surface area contributed by atoms with E-state index < -0.39 is 5.60 Å². The lowest BCUT2D eigenvalue weighted by molar-refractivity contribution is -0.0796. The molecule has 2 bridgehead atoms. The molecule has 1 aromatic carbocycles. The fourth-order valence-electron chi connectivity index (χ4n) is 4.64. The highest BCUT2D eigenvalue weighted by Gasteiger charge is 2.59. The van der Waals surface area contributed by atoms with Crippen LogP contribution in [-0.2, 0) is 4.74 Å². The summed E-state index contributed by atoms with van der Waals surface area (Å²) in [6, 6.07) is 6.19. The Hall–Kier alpha value is -1.31. The quantitative estimate of drug-likeness (QED) is 0.749. The average Bonchev–Trinajstić information content (AvgIpc) is 3.10. The number of nitrogens with one attached hydrogen (secondary N) is 1. The number of rotatable bonds is 1. The van der Waals surface area contributed by atoms with Gasteiger partial charge in [-0.2, -0.15) is 0 Å². The van der Waals surface area contributed by atoms with E-state index >= 15 is 0 Å². The number of aliphatic imine (C=N–C) groups is 1. The Bertz CT molecular complexity index is 879. The lowest BCUT2D eigenvalue weighted by Crippen LogP contribution is -2.58. The van der Waals surface area contributed by atoms with Gasteiger partial charge in [0, 0.05) is 5.92 Å². The summed E-state index contributed by atoms with van der Waals surface area (Å²) < 4.78 is 7.32. The third kappa shape index (κ3) is 2.40. The maximum absolute atomic E-state index is 6.55. The zero-order valence-corrected chi connectivity index (χ0v) is 15.2. The molecule has 128 valence electrons. The highest BCUT2D eigenvalue weighted by Crippen LogP contribution is 2.60. The van der Waals surface area contributed by atoms with Crippen molar-refractivity contribution >= 4 is 52.2 Å². The predicted molar refractivity (Wildman–Crippen MR) is 103 cm³/mol. The summed E-state index contributed by atoms with van der Waals surface area (Å²) in [6.45, 7) is 0. The van der Waals surface area contributed by atoms with E-state index in [1.54, 1.807) is 0 Å². The molecule has 3 aliphatic carbocycles. The van der Waals surface area contributed by atoms with E-state index in [0.29, 0.717) is 22.1 Å². The van der Waals surface area contributed by atoms with E-state index in [1.165, 1.54) is 11.3 Å². The molecule has 1 aliphatic heterocycles. The van der Waals surface area contributed by atoms with Crippen LogP contribution in [0.3, 0.4) is 0 Å². The summed E-state index contributed by atoms with van der Waals surface area (Å²) in [5, 5.41) is 4.36. The van der Waals surface area contributed by atoms with Crippen LogP contribution in [0.25, 0.3) is 10.2 Å². The van der Waals surface area contributed by atoms with Crippen LogP contribution in [-0.4, -0.2) is 30.6 Å². The predicted octanol–water partition coefficient (Wildman–Crippen LogP) is 3.69. The first-order chi connectivity index (χ1) is 12.0. The van der Waals surface area contributed by atoms with E-state index in [4.69, 9.17) is 29.9 Å². The van der Waals surface area contributed by atoms with E-state index in [1.807, 2.05) is 18.2 Å². The molecule has 1 spiro atoms. The molecule has 4 aliphatic rings. The summed E-state index contributed by atoms with van der Waals surface area (Å²) in [5.41, 5.74) is 6.70. The van der Waals surface area contributed by atoms with Gasteiger partial charge in [0.05, 0.1) is 17.6 Å². The van der Waals surface area contributed by atoms with Crippen molar-refractivity contribution in [3.05, 3.63) is 23.2 Å². The van der Waals surface area contributed by atoms with Gasteiger partial charge in [0.2, 0.25) is 0 Å². The molecule has 3 N–H and O–H groups in total. The first-order valence-corrected chi connectivity index (χ1v) is 9.80. The van der Waals surface area contributed by atoms with Gasteiger partial charge in [0.25, 0.3) is 6.02 Å². The van der Waals surface area contributed by atoms with Gasteiger partial charge < -0.3 is 10.5 Å². The van der Waals surface area contributed by atoms with E-state index in [2.05, 4.69) is 15.3 Å². The van der Waals surface area contributed by atoms with Crippen LogP contribution in [0.1, 0.15) is 32.1 Å². The first-order valence-electron chi connectivity index (χ1n) is 8.61. The Kier molecular flexibility index (Phi) is 3.40. The smallest absolute Gasteiger partial charge is 0.293 e. The number of anilines is 1. The van der Waals surface area contributed by atoms with E-state index in [0.717, 1.165) is 42.3 Å². The number of nitrogens with two attached hydrogens (primary N) is 1. The van der Waals surface area contributed by atoms with Crippen molar-refractivity contribution in [3.8, 4) is 0 Å². The van der Waals surface area contributed by atoms with Crippen molar-refractivity contribution in [2.75, 3.05) is 5.32 Å². The molecule has 1 aromatic heterocycles. The Labute approximate surface area is 156 Å². The highest BCUT2D eigenvalue weighted by molar-refractivity contribution is 7.22. The average molecular weight is 373 g/mol. The van der Waals surface area contributed by atoms with Crippen LogP contribution in [0, 0.1) is 5.92 Å². The second-order valence-electron chi connectivity index (χ2n) is 7.48. The van der Waals surface area contributed by atoms with Gasteiger partial charge in [-0.3, -0.25) is 5.32 Å². The molecular weight excluding hydrogens is 355 g/mol. The maximum Gasteiger partial charge on any atom is 0.293 e. The summed E-state index contributed by atoms with van der Waals surface area (Å²) in [4.78, 5) is 9.09. The normalized spacial score (nSPS) is 36.6. The lowest BCUT2D eigenvalue weighted by Gasteiger charge is -2.55. The summed E-state index contributed by atoms with van der Waals surface area (Å²) in [7, 11) is 6.55. The van der Waals surface area contributed by atoms with E-state index in [9.17, 15) is 0 Å². The molecule has 2 radical (unpaired) electrons. The standard InChI is InChI=1S/C17H18BClN4OS/c18-16-6-4-9(5-7-16)17(8-16)13(20)22-14(24-17)23-15-21-12-10(19)2-1-3-11(12)25-15/h1-3,9,13H,4-8,20H2,(H,21,22,23). The van der Waals surface area contributed by atoms with Gasteiger partial charge in [0.1, 0.15) is 11.7 Å². The molecule has 3 saturated carbocycles. The summed E-state index contributed by atoms with van der Waals surface area (Å²) in [6.07, 6.45) is 4.60. The number of hydrogen-bond acceptors (Lipinski definition) is 6. The highest BCUT2D eigenvalue weighted by atomic mass is 35.5. The third-order valence-electron chi connectivity index (χ3n) is 5.93. The van der Waals surface area contributed by atoms with Crippen LogP contribution in [0.4, 0.5) is 5.13 Å². The number of benzene rings is 1. The van der Waals surface area contributed by atoms with Crippen LogP contribution in [0.5, 0.6) is 0 Å². The van der Waals surface area contributed by atoms with Crippen molar-refractivity contribution in [1.29, 1.82) is 0 Å². The number of nitrogens with zero attached hydrogens (tertiary/aromatic N) is 2. The second kappa shape index (κ2) is 5.35. The molecule has 0 saturated heterocycles. The van der Waals surface area contributed by atoms with Gasteiger partial charge >= 0.3 is 0 Å². The van der Waals surface area contributed by atoms with Gasteiger partial charge in [-0.1, -0.05) is 47.2 Å². The van der Waals surface area contributed by atoms with Crippen LogP contribution < -0.4 is 11.1 Å². The molecule has 3 fully saturated rings. The second-order valence-corrected chi connectivity index (χ2v) is 8.92. The fraction of sp³-hybridized carbons (Fsp3) is 0.529. The van der Waals surface area contributed by atoms with Crippen LogP contribution >= 0.6 is 22.9 Å². The number of aromatic nitrogens is 1. The zero-order chi connectivity index (χ0) is 17.2. The Morgan fingerprint density at radius 2 is 2.16 bits per heavy atom. The Balaban J connectivity index is 1.41. The van der Waals surface area contributed by atoms with Crippen molar-refractivity contribution in [3.63, 3.8) is 0 Å². The molecular formula is C17H18BClN4OS. The third-order valence-corrected chi connectivity index (χ3v) is 7.17. The molecule has 25 heavy (non-hydrogen) atoms. The van der Waals surface area contributed by atoms with Crippen LogP contribution in [0.2, 0.25) is 10.3 Å². The topological polar surface area (TPSA) is 72.5 Å². The maximum atomic E-state index is 6.55. The van der Waals surface area contributed by atoms with Crippen molar-refractivity contribution < 1.29 is 4.74 Å². The van der Waals surface area contributed by atoms with Gasteiger partial charge in [-0.15, -0.1) is 0 Å². The molecule has 2 aromatic rings. The number of thiazole rings is 1. The van der Waals surface area contributed by atoms with Crippen molar-refractivity contribution in [2.24, 2.45) is 16.6 Å². The number of para-hydroxylation sites is 1. The SMILES string of the molecule is [B]C12CCC(CC1)C1(C2)OC(Nc2nc3c(Cl)cccc3s2)=NC1N. The van der Waals surface area contributed by atoms with Gasteiger partial charge in [-0.05, 0) is 31.4 Å². The summed E-state index contributed by atoms with van der Waals surface area (Å²) >= 11 is 7.72. The Morgan fingerprint density at radius 3 is 2.88 bits per heavy atom. The zero-order valence-electron chi connectivity index (χ0n) is 13.7. The largest absolute Gasteiger partial charge is 0.454 e. The minimum atomic E-state index is -0.470. The Morgan fingerprint density at radius 1 is 1.36 bits per heavy atom. The minimum Gasteiger partial charge on any atom is -0.454 e. The van der Waals surface area contributed by atoms with Crippen molar-refractivity contribution in [2.45, 2.75) is 49.2 Å². The number of hydrogen-bond donors (Lipinski definition) is 2. The molecule has 8 heteroatoms. The number of fused-ring (bicyclic) bond motifs is 3. The first kappa shape index (κ1) is 15.9. The number of amidine groups is 1. The van der Waals surface area contributed by atoms with Crippen molar-refractivity contribution in [1.82, 2.24) is 4.98 Å². The van der Waals surface area contributed by atoms with Gasteiger partial charge in [0.15, 0.2) is 10.7 Å². The molecule has 2 heterocycles. The van der Waals surface area contributed by atoms with Crippen LogP contribution in [0.15, 0.2) is 23.2 Å². The summed E-state index contributed by atoms with van der Waals surface area (Å²) in [5.74, 6) is 0.417. The number of ether oxygens (including phenoxy) is 1. The fourth-order valence-corrected chi connectivity index (χ4v) is 5.79. The lowest BCUT2D eigenvalue weighted by atomic mass is 9.46. The number of halogens is 1. The molecule has 0 amide bonds. The molecule has 6 rings (SSSR count). The molecule has 2 unspecified atom stereocenters. The molecule has 2 atom stereocenters. The minimum absolute atomic E-state index is 0.166.